The summed E-state index contributed by atoms with van der Waals surface area (Å²) in [6.45, 7) is 0.782. The Morgan fingerprint density at radius 1 is 1.16 bits per heavy atom. The number of benzene rings is 2. The zero-order valence-electron chi connectivity index (χ0n) is 11.1. The van der Waals surface area contributed by atoms with Crippen LogP contribution in [0.1, 0.15) is 5.56 Å². The molecule has 2 aromatic carbocycles. The van der Waals surface area contributed by atoms with Crippen LogP contribution >= 0.6 is 11.6 Å². The summed E-state index contributed by atoms with van der Waals surface area (Å²) in [6, 6.07) is 13.5. The number of ether oxygens (including phenoxy) is 1. The molecule has 0 spiro atoms. The summed E-state index contributed by atoms with van der Waals surface area (Å²) in [6.07, 6.45) is 0. The van der Waals surface area contributed by atoms with Gasteiger partial charge in [0.25, 0.3) is 0 Å². The van der Waals surface area contributed by atoms with Crippen molar-refractivity contribution in [2.45, 2.75) is 6.54 Å². The van der Waals surface area contributed by atoms with Gasteiger partial charge in [-0.25, -0.2) is 0 Å². The smallest absolute Gasteiger partial charge is 0.122 e. The molecule has 0 amide bonds. The molecule has 0 heterocycles. The van der Waals surface area contributed by atoms with Gasteiger partial charge in [0.1, 0.15) is 5.75 Å². The van der Waals surface area contributed by atoms with Gasteiger partial charge in [0.15, 0.2) is 0 Å². The molecule has 100 valence electrons. The predicted octanol–water partition coefficient (Wildman–Crippen LogP) is 3.57. The molecule has 0 aliphatic heterocycles. The Morgan fingerprint density at radius 2 is 1.84 bits per heavy atom. The Labute approximate surface area is 118 Å². The molecule has 4 heteroatoms. The maximum Gasteiger partial charge on any atom is 0.122 e. The van der Waals surface area contributed by atoms with Gasteiger partial charge in [-0.3, -0.25) is 0 Å². The lowest BCUT2D eigenvalue weighted by molar-refractivity contribution is 0.415. The second-order valence-electron chi connectivity index (χ2n) is 4.45. The van der Waals surface area contributed by atoms with Gasteiger partial charge in [-0.05, 0) is 23.8 Å². The minimum Gasteiger partial charge on any atom is -0.497 e. The zero-order valence-corrected chi connectivity index (χ0v) is 11.8. The summed E-state index contributed by atoms with van der Waals surface area (Å²) in [4.78, 5) is 2.11. The molecule has 0 saturated carbocycles. The van der Waals surface area contributed by atoms with Gasteiger partial charge in [-0.1, -0.05) is 23.7 Å². The SMILES string of the molecule is COc1cc(N)cc(N(C)Cc2ccc(Cl)cc2)c1. The third-order valence-electron chi connectivity index (χ3n) is 2.92. The lowest BCUT2D eigenvalue weighted by Gasteiger charge is -2.20. The van der Waals surface area contributed by atoms with E-state index < -0.39 is 0 Å². The van der Waals surface area contributed by atoms with Crippen molar-refractivity contribution < 1.29 is 4.74 Å². The summed E-state index contributed by atoms with van der Waals surface area (Å²) in [5.41, 5.74) is 8.76. The van der Waals surface area contributed by atoms with E-state index in [1.165, 1.54) is 5.56 Å². The number of nitrogens with zero attached hydrogens (tertiary/aromatic N) is 1. The largest absolute Gasteiger partial charge is 0.497 e. The molecule has 2 aromatic rings. The first kappa shape index (κ1) is 13.6. The lowest BCUT2D eigenvalue weighted by atomic mass is 10.2. The highest BCUT2D eigenvalue weighted by atomic mass is 35.5. The normalized spacial score (nSPS) is 10.3. The predicted molar refractivity (Wildman–Crippen MR) is 81.0 cm³/mol. The molecule has 3 nitrogen and oxygen atoms in total. The molecule has 0 aliphatic rings. The molecule has 2 rings (SSSR count). The van der Waals surface area contributed by atoms with Gasteiger partial charge in [0.2, 0.25) is 0 Å². The van der Waals surface area contributed by atoms with E-state index in [9.17, 15) is 0 Å². The molecular formula is C15H17ClN2O. The van der Waals surface area contributed by atoms with Crippen molar-refractivity contribution in [3.05, 3.63) is 53.1 Å². The summed E-state index contributed by atoms with van der Waals surface area (Å²) in [7, 11) is 3.65. The number of methoxy groups -OCH3 is 1. The molecule has 0 radical (unpaired) electrons. The highest BCUT2D eigenvalue weighted by molar-refractivity contribution is 6.30. The highest BCUT2D eigenvalue weighted by Gasteiger charge is 2.05. The van der Waals surface area contributed by atoms with Crippen LogP contribution in [-0.2, 0) is 6.54 Å². The molecule has 19 heavy (non-hydrogen) atoms. The summed E-state index contributed by atoms with van der Waals surface area (Å²) in [5.74, 6) is 0.762. The molecule has 0 saturated heterocycles. The van der Waals surface area contributed by atoms with Crippen LogP contribution in [0, 0.1) is 0 Å². The molecular weight excluding hydrogens is 260 g/mol. The summed E-state index contributed by atoms with van der Waals surface area (Å²) < 4.78 is 5.23. The Morgan fingerprint density at radius 3 is 2.47 bits per heavy atom. The number of hydrogen-bond donors (Lipinski definition) is 1. The van der Waals surface area contributed by atoms with E-state index in [0.29, 0.717) is 5.69 Å². The van der Waals surface area contributed by atoms with Crippen LogP contribution in [-0.4, -0.2) is 14.2 Å². The first-order valence-corrected chi connectivity index (χ1v) is 6.36. The van der Waals surface area contributed by atoms with Crippen LogP contribution in [0.2, 0.25) is 5.02 Å². The van der Waals surface area contributed by atoms with E-state index in [2.05, 4.69) is 4.90 Å². The lowest BCUT2D eigenvalue weighted by Crippen LogP contribution is -2.16. The molecule has 0 atom stereocenters. The van der Waals surface area contributed by atoms with Crippen LogP contribution in [0.3, 0.4) is 0 Å². The standard InChI is InChI=1S/C15H17ClN2O/c1-18(10-11-3-5-12(16)6-4-11)14-7-13(17)8-15(9-14)19-2/h3-9H,10,17H2,1-2H3. The minimum absolute atomic E-state index is 0.692. The number of rotatable bonds is 4. The fourth-order valence-corrected chi connectivity index (χ4v) is 2.02. The first-order valence-electron chi connectivity index (χ1n) is 5.98. The van der Waals surface area contributed by atoms with Crippen molar-refractivity contribution in [2.24, 2.45) is 0 Å². The van der Waals surface area contributed by atoms with E-state index in [1.807, 2.05) is 43.4 Å². The quantitative estimate of drug-likeness (QED) is 0.868. The second kappa shape index (κ2) is 5.85. The molecule has 0 unspecified atom stereocenters. The fourth-order valence-electron chi connectivity index (χ4n) is 1.90. The van der Waals surface area contributed by atoms with Crippen molar-refractivity contribution in [3.63, 3.8) is 0 Å². The Bertz CT molecular complexity index is 555. The average molecular weight is 277 g/mol. The molecule has 0 fully saturated rings. The van der Waals surface area contributed by atoms with Crippen molar-refractivity contribution in [1.82, 2.24) is 0 Å². The topological polar surface area (TPSA) is 38.5 Å². The van der Waals surface area contributed by atoms with E-state index in [-0.39, 0.29) is 0 Å². The van der Waals surface area contributed by atoms with Gasteiger partial charge in [-0.2, -0.15) is 0 Å². The monoisotopic (exact) mass is 276 g/mol. The second-order valence-corrected chi connectivity index (χ2v) is 4.88. The zero-order chi connectivity index (χ0) is 13.8. The van der Waals surface area contributed by atoms with E-state index in [1.54, 1.807) is 13.2 Å². The van der Waals surface area contributed by atoms with Gasteiger partial charge < -0.3 is 15.4 Å². The van der Waals surface area contributed by atoms with E-state index >= 15 is 0 Å². The molecule has 2 N–H and O–H groups in total. The fraction of sp³-hybridized carbons (Fsp3) is 0.200. The van der Waals surface area contributed by atoms with Crippen molar-refractivity contribution >= 4 is 23.0 Å². The number of halogens is 1. The van der Waals surface area contributed by atoms with E-state index in [0.717, 1.165) is 23.0 Å². The van der Waals surface area contributed by atoms with Crippen molar-refractivity contribution in [2.75, 3.05) is 24.8 Å². The first-order chi connectivity index (χ1) is 9.08. The van der Waals surface area contributed by atoms with Gasteiger partial charge in [0, 0.05) is 42.1 Å². The van der Waals surface area contributed by atoms with Crippen LogP contribution in [0.25, 0.3) is 0 Å². The van der Waals surface area contributed by atoms with E-state index in [4.69, 9.17) is 22.1 Å². The van der Waals surface area contributed by atoms with Gasteiger partial charge >= 0.3 is 0 Å². The molecule has 0 aromatic heterocycles. The third-order valence-corrected chi connectivity index (χ3v) is 3.18. The number of nitrogens with two attached hydrogens (primary N) is 1. The van der Waals surface area contributed by atoms with Crippen LogP contribution in [0.15, 0.2) is 42.5 Å². The average Bonchev–Trinajstić information content (AvgIpc) is 2.40. The van der Waals surface area contributed by atoms with Crippen LogP contribution < -0.4 is 15.4 Å². The highest BCUT2D eigenvalue weighted by Crippen LogP contribution is 2.25. The van der Waals surface area contributed by atoms with Crippen molar-refractivity contribution in [3.8, 4) is 5.75 Å². The maximum absolute atomic E-state index is 5.88. The van der Waals surface area contributed by atoms with Gasteiger partial charge in [-0.15, -0.1) is 0 Å². The Balaban J connectivity index is 2.17. The summed E-state index contributed by atoms with van der Waals surface area (Å²) >= 11 is 5.88. The molecule has 0 aliphatic carbocycles. The number of nitrogen functional groups attached to an aromatic ring is 1. The van der Waals surface area contributed by atoms with Crippen molar-refractivity contribution in [1.29, 1.82) is 0 Å². The Hall–Kier alpha value is -1.87. The Kier molecular flexibility index (Phi) is 4.17. The minimum atomic E-state index is 0.692. The number of hydrogen-bond acceptors (Lipinski definition) is 3. The number of anilines is 2. The summed E-state index contributed by atoms with van der Waals surface area (Å²) in [5, 5.41) is 0.747. The van der Waals surface area contributed by atoms with Crippen LogP contribution in [0.4, 0.5) is 11.4 Å². The van der Waals surface area contributed by atoms with Gasteiger partial charge in [0.05, 0.1) is 7.11 Å². The third kappa shape index (κ3) is 3.55. The molecule has 0 bridgehead atoms. The maximum atomic E-state index is 5.88. The van der Waals surface area contributed by atoms with Crippen LogP contribution in [0.5, 0.6) is 5.75 Å².